The zero-order valence-electron chi connectivity index (χ0n) is 11.9. The molecule has 0 aromatic heterocycles. The lowest BCUT2D eigenvalue weighted by Gasteiger charge is -2.22. The van der Waals surface area contributed by atoms with Crippen LogP contribution in [0.25, 0.3) is 10.8 Å². The number of carbonyl (C=O) groups is 1. The molecule has 0 atom stereocenters. The third-order valence-corrected chi connectivity index (χ3v) is 3.58. The highest BCUT2D eigenvalue weighted by atomic mass is 16.3. The van der Waals surface area contributed by atoms with E-state index in [2.05, 4.69) is 0 Å². The topological polar surface area (TPSA) is 66.6 Å². The molecule has 0 unspecified atom stereocenters. The Labute approximate surface area is 128 Å². The van der Waals surface area contributed by atoms with Gasteiger partial charge >= 0.3 is 6.03 Å². The van der Waals surface area contributed by atoms with Crippen molar-refractivity contribution < 1.29 is 9.90 Å². The van der Waals surface area contributed by atoms with Gasteiger partial charge in [0.2, 0.25) is 0 Å². The average Bonchev–Trinajstić information content (AvgIpc) is 2.53. The fourth-order valence-electron chi connectivity index (χ4n) is 2.48. The van der Waals surface area contributed by atoms with Gasteiger partial charge in [-0.1, -0.05) is 54.6 Å². The number of fused-ring (bicyclic) bond motifs is 1. The van der Waals surface area contributed by atoms with Gasteiger partial charge in [-0.2, -0.15) is 0 Å². The number of benzene rings is 3. The standard InChI is InChI=1S/C18H16N2O2/c19-18(22)20(12-13-6-2-1-3-7-13)16-10-14-8-4-5-9-15(14)11-17(16)21/h1-11,21H,12H2,(H2,19,22). The molecule has 4 nitrogen and oxygen atoms in total. The first kappa shape index (κ1) is 13.9. The second-order valence-corrected chi connectivity index (χ2v) is 5.10. The van der Waals surface area contributed by atoms with Crippen LogP contribution in [0.15, 0.2) is 66.7 Å². The minimum absolute atomic E-state index is 0.0356. The van der Waals surface area contributed by atoms with Crippen LogP contribution in [0.4, 0.5) is 10.5 Å². The van der Waals surface area contributed by atoms with E-state index in [1.807, 2.05) is 54.6 Å². The molecule has 3 aromatic rings. The van der Waals surface area contributed by atoms with Crippen LogP contribution in [0.3, 0.4) is 0 Å². The van der Waals surface area contributed by atoms with Crippen LogP contribution < -0.4 is 10.6 Å². The first-order valence-electron chi connectivity index (χ1n) is 6.98. The lowest BCUT2D eigenvalue weighted by Crippen LogP contribution is -2.35. The van der Waals surface area contributed by atoms with Gasteiger partial charge in [-0.25, -0.2) is 4.79 Å². The summed E-state index contributed by atoms with van der Waals surface area (Å²) >= 11 is 0. The molecule has 0 saturated carbocycles. The lowest BCUT2D eigenvalue weighted by atomic mass is 10.1. The number of amides is 2. The fraction of sp³-hybridized carbons (Fsp3) is 0.0556. The fourth-order valence-corrected chi connectivity index (χ4v) is 2.48. The molecule has 0 spiro atoms. The summed E-state index contributed by atoms with van der Waals surface area (Å²) in [7, 11) is 0. The van der Waals surface area contributed by atoms with Crippen LogP contribution in [0.2, 0.25) is 0 Å². The van der Waals surface area contributed by atoms with Crippen molar-refractivity contribution in [3.05, 3.63) is 72.3 Å². The minimum Gasteiger partial charge on any atom is -0.506 e. The van der Waals surface area contributed by atoms with E-state index >= 15 is 0 Å². The van der Waals surface area contributed by atoms with Gasteiger partial charge in [-0.15, -0.1) is 0 Å². The summed E-state index contributed by atoms with van der Waals surface area (Å²) in [6.45, 7) is 0.308. The van der Waals surface area contributed by atoms with Crippen LogP contribution in [0.1, 0.15) is 5.56 Å². The van der Waals surface area contributed by atoms with E-state index in [4.69, 9.17) is 5.73 Å². The average molecular weight is 292 g/mol. The molecule has 0 heterocycles. The summed E-state index contributed by atoms with van der Waals surface area (Å²) in [5, 5.41) is 12.1. The Morgan fingerprint density at radius 2 is 1.55 bits per heavy atom. The highest BCUT2D eigenvalue weighted by Gasteiger charge is 2.17. The van der Waals surface area contributed by atoms with Crippen molar-refractivity contribution in [1.29, 1.82) is 0 Å². The van der Waals surface area contributed by atoms with Gasteiger partial charge in [0.15, 0.2) is 0 Å². The van der Waals surface area contributed by atoms with E-state index in [9.17, 15) is 9.90 Å². The number of phenolic OH excluding ortho intramolecular Hbond substituents is 1. The van der Waals surface area contributed by atoms with Crippen molar-refractivity contribution in [1.82, 2.24) is 0 Å². The van der Waals surface area contributed by atoms with Crippen molar-refractivity contribution >= 4 is 22.5 Å². The Balaban J connectivity index is 2.05. The SMILES string of the molecule is NC(=O)N(Cc1ccccc1)c1cc2ccccc2cc1O. The minimum atomic E-state index is -0.602. The summed E-state index contributed by atoms with van der Waals surface area (Å²) in [5.41, 5.74) is 6.86. The molecule has 0 aliphatic carbocycles. The van der Waals surface area contributed by atoms with Crippen LogP contribution in [-0.4, -0.2) is 11.1 Å². The van der Waals surface area contributed by atoms with Gasteiger partial charge in [-0.05, 0) is 28.5 Å². The molecule has 0 bridgehead atoms. The number of aromatic hydroxyl groups is 1. The molecule has 0 fully saturated rings. The zero-order chi connectivity index (χ0) is 15.5. The number of urea groups is 1. The number of anilines is 1. The second kappa shape index (κ2) is 5.77. The molecule has 0 aliphatic rings. The molecule has 2 amide bonds. The van der Waals surface area contributed by atoms with E-state index in [0.29, 0.717) is 12.2 Å². The Kier molecular flexibility index (Phi) is 3.66. The molecular formula is C18H16N2O2. The molecule has 3 rings (SSSR count). The molecule has 0 saturated heterocycles. The van der Waals surface area contributed by atoms with Gasteiger partial charge in [0, 0.05) is 0 Å². The first-order valence-corrected chi connectivity index (χ1v) is 6.98. The number of carbonyl (C=O) groups excluding carboxylic acids is 1. The van der Waals surface area contributed by atoms with E-state index in [1.165, 1.54) is 4.90 Å². The summed E-state index contributed by atoms with van der Waals surface area (Å²) < 4.78 is 0. The predicted molar refractivity (Wildman–Crippen MR) is 87.8 cm³/mol. The van der Waals surface area contributed by atoms with Gasteiger partial charge < -0.3 is 10.8 Å². The monoisotopic (exact) mass is 292 g/mol. The maximum Gasteiger partial charge on any atom is 0.319 e. The third kappa shape index (κ3) is 2.72. The normalized spacial score (nSPS) is 10.5. The maximum atomic E-state index is 11.8. The Morgan fingerprint density at radius 1 is 0.955 bits per heavy atom. The first-order chi connectivity index (χ1) is 10.6. The number of nitrogens with two attached hydrogens (primary N) is 1. The lowest BCUT2D eigenvalue weighted by molar-refractivity contribution is 0.253. The molecule has 3 N–H and O–H groups in total. The van der Waals surface area contributed by atoms with Crippen molar-refractivity contribution in [2.45, 2.75) is 6.54 Å². The van der Waals surface area contributed by atoms with E-state index in [1.54, 1.807) is 12.1 Å². The summed E-state index contributed by atoms with van der Waals surface area (Å²) in [6.07, 6.45) is 0. The number of nitrogens with zero attached hydrogens (tertiary/aromatic N) is 1. The van der Waals surface area contributed by atoms with E-state index in [0.717, 1.165) is 16.3 Å². The largest absolute Gasteiger partial charge is 0.506 e. The number of phenols is 1. The molecule has 0 radical (unpaired) electrons. The molecule has 3 aromatic carbocycles. The quantitative estimate of drug-likeness (QED) is 0.774. The highest BCUT2D eigenvalue weighted by Crippen LogP contribution is 2.33. The van der Waals surface area contributed by atoms with Gasteiger partial charge in [0.1, 0.15) is 5.75 Å². The second-order valence-electron chi connectivity index (χ2n) is 5.10. The Morgan fingerprint density at radius 3 is 2.18 bits per heavy atom. The molecule has 22 heavy (non-hydrogen) atoms. The van der Waals surface area contributed by atoms with Crippen LogP contribution in [-0.2, 0) is 6.54 Å². The number of hydrogen-bond donors (Lipinski definition) is 2. The predicted octanol–water partition coefficient (Wildman–Crippen LogP) is 3.63. The summed E-state index contributed by atoms with van der Waals surface area (Å²) in [5.74, 6) is 0.0356. The van der Waals surface area contributed by atoms with Crippen LogP contribution in [0, 0.1) is 0 Å². The molecule has 4 heteroatoms. The highest BCUT2D eigenvalue weighted by molar-refractivity contribution is 5.97. The Bertz CT molecular complexity index is 816. The van der Waals surface area contributed by atoms with Crippen LogP contribution in [0.5, 0.6) is 5.75 Å². The van der Waals surface area contributed by atoms with E-state index < -0.39 is 6.03 Å². The van der Waals surface area contributed by atoms with Crippen molar-refractivity contribution in [3.8, 4) is 5.75 Å². The maximum absolute atomic E-state index is 11.8. The summed E-state index contributed by atoms with van der Waals surface area (Å²) in [6, 6.07) is 20.0. The van der Waals surface area contributed by atoms with Gasteiger partial charge in [0.25, 0.3) is 0 Å². The van der Waals surface area contributed by atoms with E-state index in [-0.39, 0.29) is 5.75 Å². The number of primary amides is 1. The number of hydrogen-bond acceptors (Lipinski definition) is 2. The van der Waals surface area contributed by atoms with Crippen molar-refractivity contribution in [2.75, 3.05) is 4.90 Å². The zero-order valence-corrected chi connectivity index (χ0v) is 11.9. The number of rotatable bonds is 3. The Hall–Kier alpha value is -3.01. The van der Waals surface area contributed by atoms with Gasteiger partial charge in [-0.3, -0.25) is 4.90 Å². The van der Waals surface area contributed by atoms with Gasteiger partial charge in [0.05, 0.1) is 12.2 Å². The van der Waals surface area contributed by atoms with Crippen LogP contribution >= 0.6 is 0 Å². The smallest absolute Gasteiger partial charge is 0.319 e. The molecule has 110 valence electrons. The van der Waals surface area contributed by atoms with Crippen molar-refractivity contribution in [2.24, 2.45) is 5.73 Å². The van der Waals surface area contributed by atoms with Crippen molar-refractivity contribution in [3.63, 3.8) is 0 Å². The summed E-state index contributed by atoms with van der Waals surface area (Å²) in [4.78, 5) is 13.2. The molecule has 0 aliphatic heterocycles. The molecular weight excluding hydrogens is 276 g/mol. The third-order valence-electron chi connectivity index (χ3n) is 3.58.